The number of benzene rings is 2. The number of rotatable bonds is 4. The average Bonchev–Trinajstić information content (AvgIpc) is 3.04. The summed E-state index contributed by atoms with van der Waals surface area (Å²) in [4.78, 5) is 11.7. The molecule has 0 aliphatic carbocycles. The molecule has 1 heterocycles. The average molecular weight is 356 g/mol. The molecule has 0 radical (unpaired) electrons. The number of nitriles is 1. The van der Waals surface area contributed by atoms with Crippen LogP contribution in [-0.4, -0.2) is 31.7 Å². The number of aromatic nitrogens is 2. The van der Waals surface area contributed by atoms with Crippen LogP contribution in [0, 0.1) is 11.3 Å². The molecule has 0 amide bonds. The molecule has 0 aliphatic heterocycles. The summed E-state index contributed by atoms with van der Waals surface area (Å²) in [6.45, 7) is 0. The molecule has 126 valence electrons. The van der Waals surface area contributed by atoms with Gasteiger partial charge in [-0.2, -0.15) is 10.4 Å². The summed E-state index contributed by atoms with van der Waals surface area (Å²) in [5, 5.41) is 15.8. The summed E-state index contributed by atoms with van der Waals surface area (Å²) in [6, 6.07) is 12.1. The molecule has 9 heteroatoms. The SMILES string of the molecule is COC(=O)c1n[nH]c2ccc(NS(=O)(=O)c3ccc(C#N)cc3)cc12. The van der Waals surface area contributed by atoms with Gasteiger partial charge in [0, 0.05) is 11.1 Å². The van der Waals surface area contributed by atoms with Crippen LogP contribution in [0.4, 0.5) is 5.69 Å². The van der Waals surface area contributed by atoms with E-state index in [2.05, 4.69) is 19.7 Å². The number of hydrogen-bond acceptors (Lipinski definition) is 6. The third-order valence-electron chi connectivity index (χ3n) is 3.49. The van der Waals surface area contributed by atoms with Crippen LogP contribution in [0.25, 0.3) is 10.9 Å². The first-order valence-electron chi connectivity index (χ1n) is 7.04. The van der Waals surface area contributed by atoms with Crippen molar-refractivity contribution in [2.24, 2.45) is 0 Å². The molecule has 0 saturated carbocycles. The van der Waals surface area contributed by atoms with Crippen molar-refractivity contribution >= 4 is 32.6 Å². The van der Waals surface area contributed by atoms with Crippen LogP contribution in [0.3, 0.4) is 0 Å². The number of fused-ring (bicyclic) bond motifs is 1. The van der Waals surface area contributed by atoms with E-state index in [4.69, 9.17) is 5.26 Å². The fraction of sp³-hybridized carbons (Fsp3) is 0.0625. The number of carbonyl (C=O) groups is 1. The number of esters is 1. The molecule has 0 aliphatic rings. The van der Waals surface area contributed by atoms with Gasteiger partial charge in [0.05, 0.1) is 29.2 Å². The predicted octanol–water partition coefficient (Wildman–Crippen LogP) is 2.02. The highest BCUT2D eigenvalue weighted by Crippen LogP contribution is 2.23. The van der Waals surface area contributed by atoms with Gasteiger partial charge in [-0.3, -0.25) is 9.82 Å². The Labute approximate surface area is 143 Å². The third-order valence-corrected chi connectivity index (χ3v) is 4.88. The van der Waals surface area contributed by atoms with Gasteiger partial charge in [-0.05, 0) is 42.5 Å². The lowest BCUT2D eigenvalue weighted by Crippen LogP contribution is -2.12. The second-order valence-corrected chi connectivity index (χ2v) is 6.75. The van der Waals surface area contributed by atoms with Crippen LogP contribution in [-0.2, 0) is 14.8 Å². The van der Waals surface area contributed by atoms with Crippen LogP contribution in [0.15, 0.2) is 47.4 Å². The number of nitrogens with zero attached hydrogens (tertiary/aromatic N) is 2. The molecule has 0 spiro atoms. The van der Waals surface area contributed by atoms with Crippen molar-refractivity contribution < 1.29 is 17.9 Å². The summed E-state index contributed by atoms with van der Waals surface area (Å²) in [6.07, 6.45) is 0. The van der Waals surface area contributed by atoms with E-state index in [9.17, 15) is 13.2 Å². The standard InChI is InChI=1S/C16H12N4O4S/c1-24-16(21)15-13-8-11(4-7-14(13)18-19-15)20-25(22,23)12-5-2-10(9-17)3-6-12/h2-8,20H,1H3,(H,18,19). The van der Waals surface area contributed by atoms with E-state index in [0.29, 0.717) is 16.5 Å². The highest BCUT2D eigenvalue weighted by atomic mass is 32.2. The number of hydrogen-bond donors (Lipinski definition) is 2. The van der Waals surface area contributed by atoms with Crippen molar-refractivity contribution in [1.82, 2.24) is 10.2 Å². The summed E-state index contributed by atoms with van der Waals surface area (Å²) in [5.41, 5.74) is 1.27. The smallest absolute Gasteiger partial charge is 0.359 e. The Morgan fingerprint density at radius 3 is 2.60 bits per heavy atom. The van der Waals surface area contributed by atoms with Crippen molar-refractivity contribution in [2.75, 3.05) is 11.8 Å². The molecule has 1 aromatic heterocycles. The molecule has 2 aromatic carbocycles. The van der Waals surface area contributed by atoms with Gasteiger partial charge in [-0.25, -0.2) is 13.2 Å². The molecular formula is C16H12N4O4S. The summed E-state index contributed by atoms with van der Waals surface area (Å²) < 4.78 is 32.0. The maximum absolute atomic E-state index is 12.4. The zero-order chi connectivity index (χ0) is 18.0. The van der Waals surface area contributed by atoms with Crippen LogP contribution in [0.2, 0.25) is 0 Å². The van der Waals surface area contributed by atoms with Gasteiger partial charge in [-0.15, -0.1) is 0 Å². The number of carbonyl (C=O) groups excluding carboxylic acids is 1. The minimum absolute atomic E-state index is 0.0204. The Balaban J connectivity index is 1.96. The minimum atomic E-state index is -3.83. The van der Waals surface area contributed by atoms with Crippen LogP contribution >= 0.6 is 0 Å². The van der Waals surface area contributed by atoms with Gasteiger partial charge < -0.3 is 4.74 Å². The van der Waals surface area contributed by atoms with Gasteiger partial charge in [0.1, 0.15) is 0 Å². The Hall–Kier alpha value is -3.38. The first-order valence-corrected chi connectivity index (χ1v) is 8.52. The van der Waals surface area contributed by atoms with Crippen LogP contribution in [0.5, 0.6) is 0 Å². The normalized spacial score (nSPS) is 11.0. The van der Waals surface area contributed by atoms with Gasteiger partial charge in [0.2, 0.25) is 0 Å². The van der Waals surface area contributed by atoms with E-state index in [1.54, 1.807) is 12.1 Å². The van der Waals surface area contributed by atoms with Crippen molar-refractivity contribution in [1.29, 1.82) is 5.26 Å². The molecule has 0 saturated heterocycles. The van der Waals surface area contributed by atoms with Gasteiger partial charge in [0.15, 0.2) is 5.69 Å². The quantitative estimate of drug-likeness (QED) is 0.689. The Morgan fingerprint density at radius 2 is 1.96 bits per heavy atom. The first-order chi connectivity index (χ1) is 11.9. The zero-order valence-corrected chi connectivity index (χ0v) is 13.8. The van der Waals surface area contributed by atoms with E-state index in [0.717, 1.165) is 0 Å². The molecule has 8 nitrogen and oxygen atoms in total. The number of ether oxygens (including phenoxy) is 1. The Bertz CT molecular complexity index is 1100. The van der Waals surface area contributed by atoms with E-state index >= 15 is 0 Å². The van der Waals surface area contributed by atoms with Crippen molar-refractivity contribution in [2.45, 2.75) is 4.90 Å². The third kappa shape index (κ3) is 3.15. The largest absolute Gasteiger partial charge is 0.464 e. The van der Waals surface area contributed by atoms with E-state index in [1.165, 1.54) is 37.4 Å². The highest BCUT2D eigenvalue weighted by Gasteiger charge is 2.18. The maximum atomic E-state index is 12.4. The second-order valence-electron chi connectivity index (χ2n) is 5.07. The molecule has 0 unspecified atom stereocenters. The Morgan fingerprint density at radius 1 is 1.24 bits per heavy atom. The fourth-order valence-corrected chi connectivity index (χ4v) is 3.30. The molecule has 3 rings (SSSR count). The molecular weight excluding hydrogens is 344 g/mol. The molecule has 2 N–H and O–H groups in total. The van der Waals surface area contributed by atoms with E-state index in [1.807, 2.05) is 6.07 Å². The van der Waals surface area contributed by atoms with E-state index < -0.39 is 16.0 Å². The van der Waals surface area contributed by atoms with Gasteiger partial charge in [-0.1, -0.05) is 0 Å². The monoisotopic (exact) mass is 356 g/mol. The molecule has 0 bridgehead atoms. The number of sulfonamides is 1. The lowest BCUT2D eigenvalue weighted by atomic mass is 10.2. The van der Waals surface area contributed by atoms with Crippen molar-refractivity contribution in [3.63, 3.8) is 0 Å². The number of anilines is 1. The maximum Gasteiger partial charge on any atom is 0.359 e. The van der Waals surface area contributed by atoms with Crippen molar-refractivity contribution in [3.05, 3.63) is 53.7 Å². The topological polar surface area (TPSA) is 125 Å². The zero-order valence-electron chi connectivity index (χ0n) is 13.0. The lowest BCUT2D eigenvalue weighted by molar-refractivity contribution is 0.0596. The first kappa shape index (κ1) is 16.5. The summed E-state index contributed by atoms with van der Waals surface area (Å²) >= 11 is 0. The van der Waals surface area contributed by atoms with Gasteiger partial charge >= 0.3 is 5.97 Å². The number of nitrogens with one attached hydrogen (secondary N) is 2. The summed E-state index contributed by atoms with van der Waals surface area (Å²) in [5.74, 6) is -0.627. The lowest BCUT2D eigenvalue weighted by Gasteiger charge is -2.08. The van der Waals surface area contributed by atoms with Crippen LogP contribution in [0.1, 0.15) is 16.1 Å². The number of aromatic amines is 1. The Kier molecular flexibility index (Phi) is 4.12. The summed E-state index contributed by atoms with van der Waals surface area (Å²) in [7, 11) is -2.60. The highest BCUT2D eigenvalue weighted by molar-refractivity contribution is 7.92. The number of H-pyrrole nitrogens is 1. The predicted molar refractivity (Wildman–Crippen MR) is 89.4 cm³/mol. The van der Waals surface area contributed by atoms with E-state index in [-0.39, 0.29) is 16.3 Å². The molecule has 3 aromatic rings. The number of methoxy groups -OCH3 is 1. The van der Waals surface area contributed by atoms with Crippen LogP contribution < -0.4 is 4.72 Å². The molecule has 0 fully saturated rings. The fourth-order valence-electron chi connectivity index (χ4n) is 2.25. The second kappa shape index (κ2) is 6.26. The van der Waals surface area contributed by atoms with Gasteiger partial charge in [0.25, 0.3) is 10.0 Å². The molecule has 0 atom stereocenters. The molecule has 25 heavy (non-hydrogen) atoms. The van der Waals surface area contributed by atoms with Crippen molar-refractivity contribution in [3.8, 4) is 6.07 Å². The minimum Gasteiger partial charge on any atom is -0.464 e.